The van der Waals surface area contributed by atoms with Gasteiger partial charge in [0.15, 0.2) is 0 Å². The first-order valence-corrected chi connectivity index (χ1v) is 9.55. The number of ether oxygens (including phenoxy) is 1. The molecular weight excluding hydrogens is 348 g/mol. The van der Waals surface area contributed by atoms with E-state index < -0.39 is 28.4 Å². The molecule has 8 nitrogen and oxygen atoms in total. The van der Waals surface area contributed by atoms with Crippen molar-refractivity contribution in [2.75, 3.05) is 37.3 Å². The molecule has 0 saturated heterocycles. The number of hydrogen-bond donors (Lipinski definition) is 2. The van der Waals surface area contributed by atoms with Crippen molar-refractivity contribution in [1.29, 1.82) is 0 Å². The lowest BCUT2D eigenvalue weighted by atomic mass is 10.2. The van der Waals surface area contributed by atoms with Gasteiger partial charge in [-0.15, -0.1) is 0 Å². The smallest absolute Gasteiger partial charge is 0.323 e. The van der Waals surface area contributed by atoms with Gasteiger partial charge < -0.3 is 14.7 Å². The second-order valence-corrected chi connectivity index (χ2v) is 7.31. The minimum Gasteiger partial charge on any atom is -0.480 e. The fourth-order valence-corrected chi connectivity index (χ4v) is 3.31. The number of anilines is 1. The summed E-state index contributed by atoms with van der Waals surface area (Å²) in [5.41, 5.74) is 0.628. The van der Waals surface area contributed by atoms with E-state index in [0.29, 0.717) is 12.1 Å². The minimum absolute atomic E-state index is 0.0353. The summed E-state index contributed by atoms with van der Waals surface area (Å²) >= 11 is 0. The molecular formula is C16H24N2O6S. The molecule has 0 bridgehead atoms. The Kier molecular flexibility index (Phi) is 8.36. The first-order valence-electron chi connectivity index (χ1n) is 7.89. The first-order chi connectivity index (χ1) is 11.8. The molecule has 1 rings (SSSR count). The molecule has 0 unspecified atom stereocenters. The number of carboxylic acid groups (broad SMARTS) is 1. The topological polar surface area (TPSA) is 113 Å². The number of unbranched alkanes of at least 4 members (excludes halogenated alkanes) is 1. The standard InChI is InChI=1S/C16H24N2O6S/c1-3-4-11-25(22,23)17-14-7-5-13(6-8-14)16(21)18(9-10-24-2)12-15(19)20/h5-8,17H,3-4,9-12H2,1-2H3,(H,19,20). The quantitative estimate of drug-likeness (QED) is 0.607. The van der Waals surface area contributed by atoms with Gasteiger partial charge in [-0.05, 0) is 30.7 Å². The number of carbonyl (C=O) groups is 2. The molecule has 140 valence electrons. The highest BCUT2D eigenvalue weighted by Gasteiger charge is 2.18. The SMILES string of the molecule is CCCCS(=O)(=O)Nc1ccc(C(=O)N(CCOC)CC(=O)O)cc1. The molecule has 0 heterocycles. The maximum absolute atomic E-state index is 12.4. The molecule has 0 spiro atoms. The van der Waals surface area contributed by atoms with Crippen molar-refractivity contribution in [3.8, 4) is 0 Å². The zero-order chi connectivity index (χ0) is 18.9. The van der Waals surface area contributed by atoms with Crippen LogP contribution in [-0.4, -0.2) is 62.9 Å². The molecule has 1 aromatic rings. The number of carbonyl (C=O) groups excluding carboxylic acids is 1. The number of rotatable bonds is 11. The van der Waals surface area contributed by atoms with Gasteiger partial charge in [-0.25, -0.2) is 8.42 Å². The summed E-state index contributed by atoms with van der Waals surface area (Å²) in [6, 6.07) is 5.88. The summed E-state index contributed by atoms with van der Waals surface area (Å²) in [7, 11) is -1.95. The van der Waals surface area contributed by atoms with Crippen LogP contribution in [0, 0.1) is 0 Å². The Morgan fingerprint density at radius 1 is 1.24 bits per heavy atom. The number of sulfonamides is 1. The average Bonchev–Trinajstić information content (AvgIpc) is 2.56. The van der Waals surface area contributed by atoms with E-state index in [0.717, 1.165) is 11.3 Å². The van der Waals surface area contributed by atoms with Crippen molar-refractivity contribution in [2.24, 2.45) is 0 Å². The zero-order valence-corrected chi connectivity index (χ0v) is 15.2. The number of nitrogens with zero attached hydrogens (tertiary/aromatic N) is 1. The van der Waals surface area contributed by atoms with Crippen LogP contribution < -0.4 is 4.72 Å². The van der Waals surface area contributed by atoms with Gasteiger partial charge in [0.05, 0.1) is 12.4 Å². The molecule has 0 aromatic heterocycles. The van der Waals surface area contributed by atoms with Crippen molar-refractivity contribution < 1.29 is 27.9 Å². The molecule has 9 heteroatoms. The number of benzene rings is 1. The zero-order valence-electron chi connectivity index (χ0n) is 14.4. The van der Waals surface area contributed by atoms with Crippen LogP contribution in [-0.2, 0) is 19.6 Å². The lowest BCUT2D eigenvalue weighted by Crippen LogP contribution is -2.38. The number of hydrogen-bond acceptors (Lipinski definition) is 5. The van der Waals surface area contributed by atoms with E-state index in [1.807, 2.05) is 6.92 Å². The third kappa shape index (κ3) is 7.53. The predicted molar refractivity (Wildman–Crippen MR) is 94.2 cm³/mol. The van der Waals surface area contributed by atoms with Crippen molar-refractivity contribution in [3.63, 3.8) is 0 Å². The number of methoxy groups -OCH3 is 1. The summed E-state index contributed by atoms with van der Waals surface area (Å²) in [5.74, 6) is -1.54. The Balaban J connectivity index is 2.82. The third-order valence-corrected chi connectivity index (χ3v) is 4.72. The van der Waals surface area contributed by atoms with Gasteiger partial charge in [0.25, 0.3) is 5.91 Å². The highest BCUT2D eigenvalue weighted by atomic mass is 32.2. The summed E-state index contributed by atoms with van der Waals surface area (Å²) < 4.78 is 31.1. The molecule has 1 amide bonds. The van der Waals surface area contributed by atoms with E-state index in [1.165, 1.54) is 31.4 Å². The molecule has 0 aliphatic heterocycles. The highest BCUT2D eigenvalue weighted by molar-refractivity contribution is 7.92. The maximum atomic E-state index is 12.4. The van der Waals surface area contributed by atoms with Gasteiger partial charge in [-0.1, -0.05) is 13.3 Å². The molecule has 0 radical (unpaired) electrons. The van der Waals surface area contributed by atoms with E-state index in [4.69, 9.17) is 9.84 Å². The van der Waals surface area contributed by atoms with E-state index in [2.05, 4.69) is 4.72 Å². The fourth-order valence-electron chi connectivity index (χ4n) is 2.05. The Morgan fingerprint density at radius 3 is 2.40 bits per heavy atom. The lowest BCUT2D eigenvalue weighted by Gasteiger charge is -2.20. The average molecular weight is 372 g/mol. The van der Waals surface area contributed by atoms with Gasteiger partial charge in [-0.3, -0.25) is 14.3 Å². The number of aliphatic carboxylic acids is 1. The van der Waals surface area contributed by atoms with Crippen LogP contribution in [0.1, 0.15) is 30.1 Å². The normalized spacial score (nSPS) is 11.1. The molecule has 0 aliphatic rings. The van der Waals surface area contributed by atoms with Crippen LogP contribution in [0.15, 0.2) is 24.3 Å². The predicted octanol–water partition coefficient (Wildman–Crippen LogP) is 1.40. The monoisotopic (exact) mass is 372 g/mol. The van der Waals surface area contributed by atoms with Gasteiger partial charge >= 0.3 is 5.97 Å². The van der Waals surface area contributed by atoms with Gasteiger partial charge in [0.2, 0.25) is 10.0 Å². The van der Waals surface area contributed by atoms with Crippen LogP contribution in [0.2, 0.25) is 0 Å². The largest absolute Gasteiger partial charge is 0.480 e. The molecule has 0 atom stereocenters. The van der Waals surface area contributed by atoms with E-state index in [9.17, 15) is 18.0 Å². The Labute approximate surface area is 147 Å². The Bertz CT molecular complexity index is 672. The van der Waals surface area contributed by atoms with Crippen LogP contribution in [0.4, 0.5) is 5.69 Å². The number of amides is 1. The molecule has 0 aliphatic carbocycles. The summed E-state index contributed by atoms with van der Waals surface area (Å²) in [6.07, 6.45) is 1.34. The second-order valence-electron chi connectivity index (χ2n) is 5.47. The summed E-state index contributed by atoms with van der Waals surface area (Å²) in [5, 5.41) is 8.91. The van der Waals surface area contributed by atoms with Gasteiger partial charge in [-0.2, -0.15) is 0 Å². The molecule has 0 fully saturated rings. The third-order valence-electron chi connectivity index (χ3n) is 3.35. The van der Waals surface area contributed by atoms with Gasteiger partial charge in [0, 0.05) is 24.9 Å². The molecule has 1 aromatic carbocycles. The van der Waals surface area contributed by atoms with Crippen LogP contribution >= 0.6 is 0 Å². The molecule has 2 N–H and O–H groups in total. The van der Waals surface area contributed by atoms with Crippen LogP contribution in [0.25, 0.3) is 0 Å². The fraction of sp³-hybridized carbons (Fsp3) is 0.500. The number of nitrogens with one attached hydrogen (secondary N) is 1. The summed E-state index contributed by atoms with van der Waals surface area (Å²) in [6.45, 7) is 1.83. The molecule has 0 saturated carbocycles. The minimum atomic E-state index is -3.41. The van der Waals surface area contributed by atoms with E-state index >= 15 is 0 Å². The van der Waals surface area contributed by atoms with Gasteiger partial charge in [0.1, 0.15) is 6.54 Å². The van der Waals surface area contributed by atoms with Crippen molar-refractivity contribution >= 4 is 27.6 Å². The maximum Gasteiger partial charge on any atom is 0.323 e. The van der Waals surface area contributed by atoms with E-state index in [-0.39, 0.29) is 24.5 Å². The van der Waals surface area contributed by atoms with Crippen molar-refractivity contribution in [1.82, 2.24) is 4.90 Å². The second kappa shape index (κ2) is 10.00. The number of carboxylic acids is 1. The summed E-state index contributed by atoms with van der Waals surface area (Å²) in [4.78, 5) is 24.4. The lowest BCUT2D eigenvalue weighted by molar-refractivity contribution is -0.137. The van der Waals surface area contributed by atoms with Crippen LogP contribution in [0.3, 0.4) is 0 Å². The van der Waals surface area contributed by atoms with Crippen molar-refractivity contribution in [3.05, 3.63) is 29.8 Å². The Hall–Kier alpha value is -2.13. The highest BCUT2D eigenvalue weighted by Crippen LogP contribution is 2.14. The Morgan fingerprint density at radius 2 is 1.88 bits per heavy atom. The molecule has 25 heavy (non-hydrogen) atoms. The van der Waals surface area contributed by atoms with Crippen LogP contribution in [0.5, 0.6) is 0 Å². The first kappa shape index (κ1) is 20.9. The van der Waals surface area contributed by atoms with Crippen molar-refractivity contribution in [2.45, 2.75) is 19.8 Å². The van der Waals surface area contributed by atoms with E-state index in [1.54, 1.807) is 0 Å².